The molecule has 0 saturated heterocycles. The van der Waals surface area contributed by atoms with Crippen molar-refractivity contribution in [3.8, 4) is 0 Å². The molecule has 1 heterocycles. The van der Waals surface area contributed by atoms with E-state index in [1.807, 2.05) is 6.92 Å². The third-order valence-electron chi connectivity index (χ3n) is 2.14. The molecule has 0 atom stereocenters. The third kappa shape index (κ3) is 3.33. The molecule has 6 heteroatoms. The summed E-state index contributed by atoms with van der Waals surface area (Å²) in [6.45, 7) is 1.48. The third-order valence-corrected chi connectivity index (χ3v) is 5.67. The van der Waals surface area contributed by atoms with Gasteiger partial charge in [0.25, 0.3) is 0 Å². The Balaban J connectivity index is 2.86. The minimum Gasteiger partial charge on any atom is -0.417 e. The van der Waals surface area contributed by atoms with Crippen LogP contribution in [-0.2, 0) is 25.4 Å². The van der Waals surface area contributed by atoms with Crippen LogP contribution >= 0.6 is 18.5 Å². The smallest absolute Gasteiger partial charge is 0.380 e. The van der Waals surface area contributed by atoms with Gasteiger partial charge in [-0.15, -0.1) is 0 Å². The first-order valence-corrected chi connectivity index (χ1v) is 7.98. The second-order valence-electron chi connectivity index (χ2n) is 3.01. The second kappa shape index (κ2) is 5.51. The zero-order valence-corrected chi connectivity index (χ0v) is 11.8. The van der Waals surface area contributed by atoms with Crippen LogP contribution in [0, 0.1) is 0 Å². The van der Waals surface area contributed by atoms with Crippen molar-refractivity contribution < 1.29 is 13.6 Å². The monoisotopic (exact) mass is 266 g/mol. The van der Waals surface area contributed by atoms with Gasteiger partial charge in [-0.05, 0) is 19.4 Å². The highest BCUT2D eigenvalue weighted by Crippen LogP contribution is 2.53. The van der Waals surface area contributed by atoms with Crippen LogP contribution in [0.3, 0.4) is 0 Å². The molecule has 0 radical (unpaired) electrons. The van der Waals surface area contributed by atoms with Crippen LogP contribution in [0.4, 0.5) is 0 Å². The summed E-state index contributed by atoms with van der Waals surface area (Å²) in [5.74, 6) is 0.904. The molecule has 0 aromatic heterocycles. The predicted molar refractivity (Wildman–Crippen MR) is 68.3 cm³/mol. The summed E-state index contributed by atoms with van der Waals surface area (Å²) in [6, 6.07) is 0. The molecule has 0 fully saturated rings. The van der Waals surface area contributed by atoms with Crippen molar-refractivity contribution in [1.82, 2.24) is 0 Å². The van der Waals surface area contributed by atoms with E-state index in [4.69, 9.17) is 25.4 Å². The average molecular weight is 266 g/mol. The van der Waals surface area contributed by atoms with E-state index in [9.17, 15) is 0 Å². The Morgan fingerprint density at radius 3 is 2.47 bits per heavy atom. The normalized spacial score (nSPS) is 17.7. The Bertz CT molecular complexity index is 341. The molecule has 1 rings (SSSR count). The lowest BCUT2D eigenvalue weighted by molar-refractivity contribution is 0.249. The Morgan fingerprint density at radius 1 is 1.33 bits per heavy atom. The molecule has 0 saturated carbocycles. The molecule has 0 amide bonds. The molecular weight excluding hydrogens is 251 g/mol. The molecule has 0 aromatic rings. The van der Waals surface area contributed by atoms with Crippen LogP contribution in [0.1, 0.15) is 13.8 Å². The lowest BCUT2D eigenvalue weighted by atomic mass is 10.1. The zero-order valence-electron chi connectivity index (χ0n) is 9.27. The average Bonchev–Trinajstić information content (AvgIpc) is 2.25. The molecule has 0 N–H and O–H groups in total. The lowest BCUT2D eigenvalue weighted by Gasteiger charge is -2.23. The molecule has 0 bridgehead atoms. The maximum absolute atomic E-state index is 5.64. The number of hydrogen-bond acceptors (Lipinski definition) is 5. The molecule has 1 aliphatic rings. The van der Waals surface area contributed by atoms with Crippen molar-refractivity contribution in [2.24, 2.45) is 0 Å². The van der Waals surface area contributed by atoms with Gasteiger partial charge < -0.3 is 13.6 Å². The summed E-state index contributed by atoms with van der Waals surface area (Å²) in [5, 5.41) is 0.821. The SMILES string of the molecule is COP(=S)(OC)OC1=C(C)C(C)=CCS1. The standard InChI is InChI=1S/C9H15O3PS2/c1-7-5-6-15-9(8(7)2)12-13(14,10-3)11-4/h5H,6H2,1-4H3. The van der Waals surface area contributed by atoms with E-state index in [-0.39, 0.29) is 0 Å². The van der Waals surface area contributed by atoms with E-state index in [0.717, 1.165) is 16.4 Å². The van der Waals surface area contributed by atoms with Gasteiger partial charge in [0.2, 0.25) is 0 Å². The van der Waals surface area contributed by atoms with E-state index in [1.54, 1.807) is 11.8 Å². The van der Waals surface area contributed by atoms with Crippen molar-refractivity contribution in [2.45, 2.75) is 13.8 Å². The van der Waals surface area contributed by atoms with Gasteiger partial charge in [-0.3, -0.25) is 0 Å². The molecule has 86 valence electrons. The number of rotatable bonds is 4. The van der Waals surface area contributed by atoms with Crippen LogP contribution < -0.4 is 0 Å². The van der Waals surface area contributed by atoms with Gasteiger partial charge in [-0.2, -0.15) is 0 Å². The van der Waals surface area contributed by atoms with Crippen LogP contribution in [0.25, 0.3) is 0 Å². The van der Waals surface area contributed by atoms with Gasteiger partial charge in [-0.25, -0.2) is 0 Å². The van der Waals surface area contributed by atoms with E-state index < -0.39 is 6.72 Å². The summed E-state index contributed by atoms with van der Waals surface area (Å²) < 4.78 is 15.8. The van der Waals surface area contributed by atoms with Crippen LogP contribution in [0.15, 0.2) is 22.3 Å². The maximum atomic E-state index is 5.64. The van der Waals surface area contributed by atoms with E-state index in [0.29, 0.717) is 0 Å². The fourth-order valence-electron chi connectivity index (χ4n) is 1.01. The highest BCUT2D eigenvalue weighted by atomic mass is 32.5. The topological polar surface area (TPSA) is 27.7 Å². The zero-order chi connectivity index (χ0) is 11.5. The first-order chi connectivity index (χ1) is 7.02. The summed E-state index contributed by atoms with van der Waals surface area (Å²) >= 11 is 6.77. The molecule has 0 unspecified atom stereocenters. The fourth-order valence-corrected chi connectivity index (χ4v) is 3.38. The molecule has 3 nitrogen and oxygen atoms in total. The van der Waals surface area contributed by atoms with Gasteiger partial charge in [0.15, 0.2) is 5.09 Å². The molecule has 0 aromatic carbocycles. The molecule has 1 aliphatic heterocycles. The second-order valence-corrected chi connectivity index (χ2v) is 7.16. The lowest BCUT2D eigenvalue weighted by Crippen LogP contribution is -2.00. The largest absolute Gasteiger partial charge is 0.417 e. The van der Waals surface area contributed by atoms with Crippen molar-refractivity contribution in [3.05, 3.63) is 22.3 Å². The van der Waals surface area contributed by atoms with Gasteiger partial charge in [0.1, 0.15) is 0 Å². The highest BCUT2D eigenvalue weighted by molar-refractivity contribution is 8.08. The van der Waals surface area contributed by atoms with Gasteiger partial charge >= 0.3 is 6.72 Å². The summed E-state index contributed by atoms with van der Waals surface area (Å²) in [7, 11) is 3.02. The van der Waals surface area contributed by atoms with Crippen molar-refractivity contribution in [3.63, 3.8) is 0 Å². The first-order valence-electron chi connectivity index (χ1n) is 4.44. The minimum absolute atomic E-state index is 0.821. The molecule has 0 spiro atoms. The fraction of sp³-hybridized carbons (Fsp3) is 0.556. The van der Waals surface area contributed by atoms with Crippen molar-refractivity contribution in [1.29, 1.82) is 0 Å². The highest BCUT2D eigenvalue weighted by Gasteiger charge is 2.23. The summed E-state index contributed by atoms with van der Waals surface area (Å²) in [5.41, 5.74) is 2.33. The van der Waals surface area contributed by atoms with Crippen molar-refractivity contribution in [2.75, 3.05) is 20.0 Å². The summed E-state index contributed by atoms with van der Waals surface area (Å²) in [4.78, 5) is 0. The van der Waals surface area contributed by atoms with Crippen LogP contribution in [0.5, 0.6) is 0 Å². The van der Waals surface area contributed by atoms with E-state index in [1.165, 1.54) is 19.8 Å². The molecule has 0 aliphatic carbocycles. The van der Waals surface area contributed by atoms with Gasteiger partial charge in [0, 0.05) is 37.4 Å². The van der Waals surface area contributed by atoms with E-state index in [2.05, 4.69) is 13.0 Å². The first kappa shape index (κ1) is 13.3. The molecule has 15 heavy (non-hydrogen) atoms. The van der Waals surface area contributed by atoms with E-state index >= 15 is 0 Å². The number of hydrogen-bond donors (Lipinski definition) is 0. The molecular formula is C9H15O3PS2. The Kier molecular flexibility index (Phi) is 4.87. The maximum Gasteiger partial charge on any atom is 0.380 e. The van der Waals surface area contributed by atoms with Gasteiger partial charge in [-0.1, -0.05) is 17.8 Å². The summed E-state index contributed by atoms with van der Waals surface area (Å²) in [6.07, 6.45) is 2.16. The van der Waals surface area contributed by atoms with Crippen molar-refractivity contribution >= 4 is 30.3 Å². The number of allylic oxidation sites excluding steroid dienone is 2. The Morgan fingerprint density at radius 2 is 1.93 bits per heavy atom. The quantitative estimate of drug-likeness (QED) is 0.727. The Hall–Kier alpha value is 0.200. The Labute approximate surface area is 100 Å². The number of thioether (sulfide) groups is 1. The minimum atomic E-state index is -2.59. The van der Waals surface area contributed by atoms with Gasteiger partial charge in [0.05, 0.1) is 0 Å². The predicted octanol–water partition coefficient (Wildman–Crippen LogP) is 3.44. The van der Waals surface area contributed by atoms with Crippen LogP contribution in [-0.4, -0.2) is 20.0 Å². The van der Waals surface area contributed by atoms with Crippen LogP contribution in [0.2, 0.25) is 0 Å².